The summed E-state index contributed by atoms with van der Waals surface area (Å²) in [6.45, 7) is 0.355. The molecule has 17 heavy (non-hydrogen) atoms. The summed E-state index contributed by atoms with van der Waals surface area (Å²) in [5, 5.41) is 3.20. The van der Waals surface area contributed by atoms with Gasteiger partial charge in [-0.25, -0.2) is 0 Å². The summed E-state index contributed by atoms with van der Waals surface area (Å²) in [6.07, 6.45) is 1.57. The molecule has 2 rings (SSSR count). The molecule has 0 aliphatic heterocycles. The minimum atomic E-state index is -0.204. The van der Waals surface area contributed by atoms with E-state index in [0.717, 1.165) is 3.57 Å². The zero-order chi connectivity index (χ0) is 12.3. The zero-order valence-corrected chi connectivity index (χ0v) is 11.7. The lowest BCUT2D eigenvalue weighted by Crippen LogP contribution is -2.22. The van der Waals surface area contributed by atoms with Crippen LogP contribution in [0.25, 0.3) is 0 Å². The van der Waals surface area contributed by atoms with Crippen LogP contribution in [0, 0.1) is 3.57 Å². The number of carbonyl (C=O) groups is 1. The van der Waals surface area contributed by atoms with E-state index in [-0.39, 0.29) is 5.91 Å². The number of halogens is 2. The van der Waals surface area contributed by atoms with E-state index in [0.29, 0.717) is 22.9 Å². The Hall–Kier alpha value is -1.01. The molecule has 0 bridgehead atoms. The smallest absolute Gasteiger partial charge is 0.253 e. The van der Waals surface area contributed by atoms with Crippen molar-refractivity contribution in [3.05, 3.63) is 56.5 Å². The third-order valence-electron chi connectivity index (χ3n) is 2.18. The molecular weight excluding hydrogens is 352 g/mol. The number of carbonyl (C=O) groups excluding carboxylic acids is 1. The van der Waals surface area contributed by atoms with Crippen LogP contribution in [0.5, 0.6) is 0 Å². The molecule has 1 aromatic heterocycles. The lowest BCUT2D eigenvalue weighted by Gasteiger charge is -2.05. The summed E-state index contributed by atoms with van der Waals surface area (Å²) in [6, 6.07) is 8.90. The summed E-state index contributed by atoms with van der Waals surface area (Å²) in [4.78, 5) is 11.9. The molecule has 1 amide bonds. The molecule has 2 aromatic rings. The highest BCUT2D eigenvalue weighted by molar-refractivity contribution is 14.1. The van der Waals surface area contributed by atoms with Gasteiger partial charge in [0.15, 0.2) is 0 Å². The molecule has 0 unspecified atom stereocenters. The Labute approximate surface area is 117 Å². The van der Waals surface area contributed by atoms with Crippen LogP contribution >= 0.6 is 34.2 Å². The summed E-state index contributed by atoms with van der Waals surface area (Å²) in [5.41, 5.74) is 0.477. The van der Waals surface area contributed by atoms with E-state index in [9.17, 15) is 4.79 Å². The largest absolute Gasteiger partial charge is 0.467 e. The molecule has 0 aliphatic carbocycles. The maximum atomic E-state index is 11.9. The maximum absolute atomic E-state index is 11.9. The molecule has 3 nitrogen and oxygen atoms in total. The van der Waals surface area contributed by atoms with Crippen molar-refractivity contribution in [1.29, 1.82) is 0 Å². The number of furan rings is 1. The fourth-order valence-electron chi connectivity index (χ4n) is 1.35. The van der Waals surface area contributed by atoms with Crippen LogP contribution in [0.4, 0.5) is 0 Å². The minimum absolute atomic E-state index is 0.204. The molecule has 0 aliphatic rings. The number of hydrogen-bond donors (Lipinski definition) is 1. The molecule has 1 aromatic carbocycles. The molecule has 5 heteroatoms. The average Bonchev–Trinajstić information content (AvgIpc) is 2.82. The average molecular weight is 362 g/mol. The van der Waals surface area contributed by atoms with E-state index in [1.165, 1.54) is 0 Å². The Bertz CT molecular complexity index is 525. The van der Waals surface area contributed by atoms with Gasteiger partial charge in [-0.3, -0.25) is 4.79 Å². The van der Waals surface area contributed by atoms with Crippen molar-refractivity contribution in [3.8, 4) is 0 Å². The van der Waals surface area contributed by atoms with Gasteiger partial charge in [0, 0.05) is 3.57 Å². The summed E-state index contributed by atoms with van der Waals surface area (Å²) >= 11 is 8.10. The summed E-state index contributed by atoms with van der Waals surface area (Å²) < 4.78 is 6.09. The van der Waals surface area contributed by atoms with E-state index in [2.05, 4.69) is 27.9 Å². The van der Waals surface area contributed by atoms with Gasteiger partial charge in [0.2, 0.25) is 0 Å². The third-order valence-corrected chi connectivity index (χ3v) is 3.18. The van der Waals surface area contributed by atoms with Gasteiger partial charge in [0.25, 0.3) is 5.91 Å². The van der Waals surface area contributed by atoms with Gasteiger partial charge < -0.3 is 9.73 Å². The van der Waals surface area contributed by atoms with E-state index in [4.69, 9.17) is 16.0 Å². The van der Waals surface area contributed by atoms with Crippen LogP contribution in [0.1, 0.15) is 16.1 Å². The van der Waals surface area contributed by atoms with Crippen LogP contribution < -0.4 is 5.32 Å². The molecule has 1 N–H and O–H groups in total. The van der Waals surface area contributed by atoms with E-state index >= 15 is 0 Å². The number of amides is 1. The van der Waals surface area contributed by atoms with Crippen LogP contribution in [0.2, 0.25) is 5.02 Å². The van der Waals surface area contributed by atoms with E-state index < -0.39 is 0 Å². The third kappa shape index (κ3) is 3.23. The van der Waals surface area contributed by atoms with Crippen molar-refractivity contribution in [2.24, 2.45) is 0 Å². The fraction of sp³-hybridized carbons (Fsp3) is 0.0833. The van der Waals surface area contributed by atoms with Crippen molar-refractivity contribution in [3.63, 3.8) is 0 Å². The standard InChI is InChI=1S/C12H9ClINO2/c13-11-4-3-8(14)6-10(11)12(16)15-7-9-2-1-5-17-9/h1-6H,7H2,(H,15,16). The highest BCUT2D eigenvalue weighted by Gasteiger charge is 2.10. The fourth-order valence-corrected chi connectivity index (χ4v) is 2.04. The first-order valence-corrected chi connectivity index (χ1v) is 6.38. The van der Waals surface area contributed by atoms with Gasteiger partial charge in [0.05, 0.1) is 23.4 Å². The van der Waals surface area contributed by atoms with Crippen LogP contribution in [-0.4, -0.2) is 5.91 Å². The quantitative estimate of drug-likeness (QED) is 0.851. The SMILES string of the molecule is O=C(NCc1ccco1)c1cc(I)ccc1Cl. The van der Waals surface area contributed by atoms with Gasteiger partial charge >= 0.3 is 0 Å². The summed E-state index contributed by atoms with van der Waals surface area (Å²) in [7, 11) is 0. The number of benzene rings is 1. The van der Waals surface area contributed by atoms with E-state index in [1.54, 1.807) is 30.5 Å². The molecule has 0 saturated heterocycles. The number of hydrogen-bond acceptors (Lipinski definition) is 2. The summed E-state index contributed by atoms with van der Waals surface area (Å²) in [5.74, 6) is 0.505. The number of rotatable bonds is 3. The first kappa shape index (κ1) is 12.4. The monoisotopic (exact) mass is 361 g/mol. The lowest BCUT2D eigenvalue weighted by molar-refractivity contribution is 0.0948. The first-order valence-electron chi connectivity index (χ1n) is 4.92. The van der Waals surface area contributed by atoms with Crippen molar-refractivity contribution >= 4 is 40.1 Å². The highest BCUT2D eigenvalue weighted by Crippen LogP contribution is 2.18. The molecule has 0 fully saturated rings. The van der Waals surface area contributed by atoms with Crippen molar-refractivity contribution in [1.82, 2.24) is 5.32 Å². The minimum Gasteiger partial charge on any atom is -0.467 e. The van der Waals surface area contributed by atoms with Crippen LogP contribution in [0.15, 0.2) is 41.0 Å². The van der Waals surface area contributed by atoms with Gasteiger partial charge in [0.1, 0.15) is 5.76 Å². The van der Waals surface area contributed by atoms with Crippen molar-refractivity contribution in [2.75, 3.05) is 0 Å². The van der Waals surface area contributed by atoms with Crippen LogP contribution in [0.3, 0.4) is 0 Å². The first-order chi connectivity index (χ1) is 8.16. The van der Waals surface area contributed by atoms with Gasteiger partial charge in [-0.2, -0.15) is 0 Å². The second-order valence-corrected chi connectivity index (χ2v) is 5.04. The number of nitrogens with one attached hydrogen (secondary N) is 1. The molecule has 0 saturated carbocycles. The molecular formula is C12H9ClINO2. The second kappa shape index (κ2) is 5.55. The Balaban J connectivity index is 2.07. The van der Waals surface area contributed by atoms with E-state index in [1.807, 2.05) is 6.07 Å². The predicted molar refractivity (Wildman–Crippen MR) is 74.0 cm³/mol. The molecule has 0 atom stereocenters. The second-order valence-electron chi connectivity index (χ2n) is 3.39. The predicted octanol–water partition coefficient (Wildman–Crippen LogP) is 3.47. The van der Waals surface area contributed by atoms with Crippen molar-refractivity contribution in [2.45, 2.75) is 6.54 Å². The molecule has 88 valence electrons. The Morgan fingerprint density at radius 3 is 2.94 bits per heavy atom. The van der Waals surface area contributed by atoms with Gasteiger partial charge in [-0.15, -0.1) is 0 Å². The topological polar surface area (TPSA) is 42.2 Å². The van der Waals surface area contributed by atoms with Crippen LogP contribution in [-0.2, 0) is 6.54 Å². The normalized spacial score (nSPS) is 10.2. The van der Waals surface area contributed by atoms with Gasteiger partial charge in [-0.05, 0) is 52.9 Å². The zero-order valence-electron chi connectivity index (χ0n) is 8.74. The van der Waals surface area contributed by atoms with Crippen molar-refractivity contribution < 1.29 is 9.21 Å². The maximum Gasteiger partial charge on any atom is 0.253 e. The Morgan fingerprint density at radius 1 is 1.41 bits per heavy atom. The molecule has 0 radical (unpaired) electrons. The Morgan fingerprint density at radius 2 is 2.24 bits per heavy atom. The molecule has 0 spiro atoms. The lowest BCUT2D eigenvalue weighted by atomic mass is 10.2. The molecule has 1 heterocycles. The van der Waals surface area contributed by atoms with Gasteiger partial charge in [-0.1, -0.05) is 11.6 Å². The highest BCUT2D eigenvalue weighted by atomic mass is 127. The Kier molecular flexibility index (Phi) is 4.06.